The van der Waals surface area contributed by atoms with Gasteiger partial charge in [0.1, 0.15) is 18.0 Å². The molecule has 3 aromatic rings. The average molecular weight is 267 g/mol. The van der Waals surface area contributed by atoms with E-state index in [0.717, 1.165) is 27.9 Å². The van der Waals surface area contributed by atoms with Crippen molar-refractivity contribution in [3.8, 4) is 0 Å². The van der Waals surface area contributed by atoms with Crippen molar-refractivity contribution in [1.82, 2.24) is 0 Å². The molecule has 3 nitrogen and oxygen atoms in total. The summed E-state index contributed by atoms with van der Waals surface area (Å²) in [6.45, 7) is 1.47. The quantitative estimate of drug-likeness (QED) is 0.768. The zero-order valence-electron chi connectivity index (χ0n) is 11.2. The summed E-state index contributed by atoms with van der Waals surface area (Å²) >= 11 is 0. The van der Waals surface area contributed by atoms with Crippen molar-refractivity contribution in [1.29, 1.82) is 0 Å². The van der Waals surface area contributed by atoms with Crippen molar-refractivity contribution in [3.05, 3.63) is 71.5 Å². The van der Waals surface area contributed by atoms with Crippen LogP contribution in [-0.2, 0) is 24.5 Å². The highest BCUT2D eigenvalue weighted by atomic mass is 16.5. The van der Waals surface area contributed by atoms with Gasteiger partial charge in [-0.25, -0.2) is 0 Å². The number of benzene rings is 2. The summed E-state index contributed by atoms with van der Waals surface area (Å²) in [5.41, 5.74) is 8.88. The molecule has 2 aromatic carbocycles. The maximum atomic E-state index is 5.83. The first-order valence-electron chi connectivity index (χ1n) is 6.69. The van der Waals surface area contributed by atoms with Crippen LogP contribution in [-0.4, -0.2) is 0 Å². The standard InChI is InChI=1S/C17H17NO2/c18-10-15-14-8-4-5-9-16(14)20-17(15)12-19-11-13-6-2-1-3-7-13/h1-9H,10-12,18H2. The molecule has 20 heavy (non-hydrogen) atoms. The fraction of sp³-hybridized carbons (Fsp3) is 0.176. The van der Waals surface area contributed by atoms with Gasteiger partial charge in [-0.3, -0.25) is 0 Å². The fourth-order valence-corrected chi connectivity index (χ4v) is 2.33. The van der Waals surface area contributed by atoms with E-state index in [9.17, 15) is 0 Å². The summed E-state index contributed by atoms with van der Waals surface area (Å²) < 4.78 is 11.6. The minimum atomic E-state index is 0.441. The third-order valence-corrected chi connectivity index (χ3v) is 3.33. The van der Waals surface area contributed by atoms with Gasteiger partial charge in [0.25, 0.3) is 0 Å². The summed E-state index contributed by atoms with van der Waals surface area (Å²) in [6.07, 6.45) is 0. The van der Waals surface area contributed by atoms with Crippen molar-refractivity contribution in [3.63, 3.8) is 0 Å². The fourth-order valence-electron chi connectivity index (χ4n) is 2.33. The zero-order chi connectivity index (χ0) is 13.8. The Hall–Kier alpha value is -2.10. The summed E-state index contributed by atoms with van der Waals surface area (Å²) in [5.74, 6) is 0.824. The number of hydrogen-bond acceptors (Lipinski definition) is 3. The van der Waals surface area contributed by atoms with Gasteiger partial charge in [-0.05, 0) is 11.6 Å². The molecule has 3 rings (SSSR count). The van der Waals surface area contributed by atoms with Crippen molar-refractivity contribution in [2.75, 3.05) is 0 Å². The zero-order valence-corrected chi connectivity index (χ0v) is 11.2. The van der Waals surface area contributed by atoms with Crippen LogP contribution < -0.4 is 5.73 Å². The molecule has 0 spiro atoms. The van der Waals surface area contributed by atoms with E-state index in [1.807, 2.05) is 54.6 Å². The van der Waals surface area contributed by atoms with E-state index in [1.54, 1.807) is 0 Å². The van der Waals surface area contributed by atoms with Crippen LogP contribution in [0.5, 0.6) is 0 Å². The van der Waals surface area contributed by atoms with E-state index in [-0.39, 0.29) is 0 Å². The van der Waals surface area contributed by atoms with E-state index in [2.05, 4.69) is 0 Å². The van der Waals surface area contributed by atoms with Gasteiger partial charge in [-0.15, -0.1) is 0 Å². The summed E-state index contributed by atoms with van der Waals surface area (Å²) in [5, 5.41) is 1.08. The molecule has 0 atom stereocenters. The molecule has 0 amide bonds. The van der Waals surface area contributed by atoms with Crippen LogP contribution in [0.15, 0.2) is 59.0 Å². The number of ether oxygens (including phenoxy) is 1. The van der Waals surface area contributed by atoms with Gasteiger partial charge in [0.05, 0.1) is 6.61 Å². The SMILES string of the molecule is NCc1c(COCc2ccccc2)oc2ccccc12. The van der Waals surface area contributed by atoms with E-state index in [4.69, 9.17) is 14.9 Å². The molecule has 1 aromatic heterocycles. The molecule has 0 unspecified atom stereocenters. The second kappa shape index (κ2) is 5.90. The smallest absolute Gasteiger partial charge is 0.135 e. The van der Waals surface area contributed by atoms with Gasteiger partial charge < -0.3 is 14.9 Å². The third kappa shape index (κ3) is 2.59. The number of furan rings is 1. The second-order valence-electron chi connectivity index (χ2n) is 4.68. The molecular formula is C17H17NO2. The molecule has 1 heterocycles. The monoisotopic (exact) mass is 267 g/mol. The number of hydrogen-bond donors (Lipinski definition) is 1. The first-order chi connectivity index (χ1) is 9.88. The molecule has 0 bridgehead atoms. The molecule has 0 radical (unpaired) electrons. The lowest BCUT2D eigenvalue weighted by Crippen LogP contribution is -2.01. The second-order valence-corrected chi connectivity index (χ2v) is 4.68. The van der Waals surface area contributed by atoms with Crippen molar-refractivity contribution < 1.29 is 9.15 Å². The van der Waals surface area contributed by atoms with E-state index in [1.165, 1.54) is 0 Å². The predicted molar refractivity (Wildman–Crippen MR) is 79.0 cm³/mol. The van der Waals surface area contributed by atoms with Gasteiger partial charge in [0.2, 0.25) is 0 Å². The Kier molecular flexibility index (Phi) is 3.81. The van der Waals surface area contributed by atoms with Crippen LogP contribution in [0.4, 0.5) is 0 Å². The topological polar surface area (TPSA) is 48.4 Å². The molecular weight excluding hydrogens is 250 g/mol. The van der Waals surface area contributed by atoms with Crippen LogP contribution >= 0.6 is 0 Å². The lowest BCUT2D eigenvalue weighted by Gasteiger charge is -2.04. The molecule has 0 aliphatic carbocycles. The molecule has 0 saturated carbocycles. The Balaban J connectivity index is 1.74. The van der Waals surface area contributed by atoms with Gasteiger partial charge in [0.15, 0.2) is 0 Å². The largest absolute Gasteiger partial charge is 0.458 e. The molecule has 0 fully saturated rings. The number of para-hydroxylation sites is 1. The Morgan fingerprint density at radius 1 is 0.900 bits per heavy atom. The molecule has 0 aliphatic heterocycles. The minimum Gasteiger partial charge on any atom is -0.458 e. The number of fused-ring (bicyclic) bond motifs is 1. The Morgan fingerprint density at radius 2 is 1.65 bits per heavy atom. The lowest BCUT2D eigenvalue weighted by molar-refractivity contribution is 0.0933. The normalized spacial score (nSPS) is 11.1. The average Bonchev–Trinajstić information content (AvgIpc) is 2.86. The van der Waals surface area contributed by atoms with Crippen LogP contribution in [0.2, 0.25) is 0 Å². The Morgan fingerprint density at radius 3 is 2.45 bits per heavy atom. The molecule has 3 heteroatoms. The predicted octanol–water partition coefficient (Wildman–Crippen LogP) is 3.61. The van der Waals surface area contributed by atoms with Crippen LogP contribution in [0, 0.1) is 0 Å². The first-order valence-corrected chi connectivity index (χ1v) is 6.69. The third-order valence-electron chi connectivity index (χ3n) is 3.33. The van der Waals surface area contributed by atoms with E-state index >= 15 is 0 Å². The summed E-state index contributed by atoms with van der Waals surface area (Å²) in [4.78, 5) is 0. The van der Waals surface area contributed by atoms with Gasteiger partial charge in [-0.1, -0.05) is 48.5 Å². The highest BCUT2D eigenvalue weighted by Crippen LogP contribution is 2.26. The first kappa shape index (κ1) is 12.9. The van der Waals surface area contributed by atoms with Gasteiger partial charge in [-0.2, -0.15) is 0 Å². The van der Waals surface area contributed by atoms with Crippen LogP contribution in [0.3, 0.4) is 0 Å². The lowest BCUT2D eigenvalue weighted by atomic mass is 10.1. The van der Waals surface area contributed by atoms with E-state index in [0.29, 0.717) is 19.8 Å². The van der Waals surface area contributed by atoms with Crippen molar-refractivity contribution >= 4 is 11.0 Å². The maximum absolute atomic E-state index is 5.83. The Bertz CT molecular complexity index is 689. The van der Waals surface area contributed by atoms with Gasteiger partial charge >= 0.3 is 0 Å². The Labute approximate surface area is 118 Å². The van der Waals surface area contributed by atoms with E-state index < -0.39 is 0 Å². The van der Waals surface area contributed by atoms with Crippen molar-refractivity contribution in [2.24, 2.45) is 5.73 Å². The molecule has 2 N–H and O–H groups in total. The molecule has 0 aliphatic rings. The number of nitrogens with two attached hydrogens (primary N) is 1. The minimum absolute atomic E-state index is 0.441. The summed E-state index contributed by atoms with van der Waals surface area (Å²) in [6, 6.07) is 18.0. The van der Waals surface area contributed by atoms with Crippen LogP contribution in [0.1, 0.15) is 16.9 Å². The van der Waals surface area contributed by atoms with Gasteiger partial charge in [0, 0.05) is 17.5 Å². The highest BCUT2D eigenvalue weighted by molar-refractivity contribution is 5.82. The molecule has 0 saturated heterocycles. The van der Waals surface area contributed by atoms with Crippen LogP contribution in [0.25, 0.3) is 11.0 Å². The summed E-state index contributed by atoms with van der Waals surface area (Å²) in [7, 11) is 0. The molecule has 102 valence electrons. The maximum Gasteiger partial charge on any atom is 0.135 e. The highest BCUT2D eigenvalue weighted by Gasteiger charge is 2.12. The number of rotatable bonds is 5. The van der Waals surface area contributed by atoms with Crippen molar-refractivity contribution in [2.45, 2.75) is 19.8 Å².